The summed E-state index contributed by atoms with van der Waals surface area (Å²) in [6, 6.07) is 6.99. The maximum absolute atomic E-state index is 11.4. The van der Waals surface area contributed by atoms with Crippen molar-refractivity contribution in [3.05, 3.63) is 36.1 Å². The molecular weight excluding hydrogens is 192 g/mol. The Morgan fingerprint density at radius 3 is 2.87 bits per heavy atom. The van der Waals surface area contributed by atoms with E-state index >= 15 is 0 Å². The second kappa shape index (κ2) is 5.05. The molecule has 0 bridgehead atoms. The fraction of sp³-hybridized carbons (Fsp3) is 0.182. The van der Waals surface area contributed by atoms with E-state index in [1.54, 1.807) is 31.2 Å². The Morgan fingerprint density at radius 1 is 1.53 bits per heavy atom. The van der Waals surface area contributed by atoms with E-state index in [4.69, 9.17) is 10.5 Å². The zero-order valence-corrected chi connectivity index (χ0v) is 8.78. The van der Waals surface area contributed by atoms with Gasteiger partial charge in [0.2, 0.25) is 0 Å². The Hall–Kier alpha value is -1.97. The quantitative estimate of drug-likeness (QED) is 0.450. The number of ether oxygens (including phenoxy) is 1. The molecule has 3 N–H and O–H groups in total. The molecule has 1 aromatic rings. The number of carbonyl (C=O) groups is 1. The number of nitrogens with one attached hydrogen (secondary N) is 1. The minimum Gasteiger partial charge on any atom is -0.501 e. The number of carbonyl (C=O) groups excluding carboxylic acids is 1. The van der Waals surface area contributed by atoms with Crippen LogP contribution in [0.3, 0.4) is 0 Å². The van der Waals surface area contributed by atoms with Crippen molar-refractivity contribution in [3.8, 4) is 0 Å². The van der Waals surface area contributed by atoms with Crippen LogP contribution in [0.5, 0.6) is 0 Å². The van der Waals surface area contributed by atoms with Crippen molar-refractivity contribution in [1.82, 2.24) is 0 Å². The maximum atomic E-state index is 11.4. The monoisotopic (exact) mass is 206 g/mol. The molecule has 0 atom stereocenters. The van der Waals surface area contributed by atoms with Crippen molar-refractivity contribution in [2.24, 2.45) is 0 Å². The predicted molar refractivity (Wildman–Crippen MR) is 60.3 cm³/mol. The normalized spacial score (nSPS) is 10.9. The third-order valence-electron chi connectivity index (χ3n) is 1.81. The van der Waals surface area contributed by atoms with Crippen molar-refractivity contribution in [2.45, 2.75) is 6.92 Å². The molecule has 0 aliphatic rings. The van der Waals surface area contributed by atoms with Gasteiger partial charge in [0.15, 0.2) is 0 Å². The number of nitrogen functional groups attached to an aromatic ring is 1. The summed E-state index contributed by atoms with van der Waals surface area (Å²) in [7, 11) is 1.51. The molecule has 0 unspecified atom stereocenters. The van der Waals surface area contributed by atoms with Crippen LogP contribution in [0.4, 0.5) is 11.4 Å². The standard InChI is InChI=1S/C11H14N2O2/c1-8(15-2)6-11(14)13-10-5-3-4-9(12)7-10/h3-7H,12H2,1-2H3,(H,13,14). The molecule has 1 amide bonds. The largest absolute Gasteiger partial charge is 0.501 e. The first-order valence-corrected chi connectivity index (χ1v) is 4.50. The van der Waals surface area contributed by atoms with E-state index < -0.39 is 0 Å². The molecule has 1 aromatic carbocycles. The number of methoxy groups -OCH3 is 1. The Balaban J connectivity index is 2.67. The molecule has 0 saturated heterocycles. The van der Waals surface area contributed by atoms with Crippen LogP contribution in [0.2, 0.25) is 0 Å². The number of amides is 1. The van der Waals surface area contributed by atoms with Gasteiger partial charge in [-0.2, -0.15) is 0 Å². The number of hydrogen-bond acceptors (Lipinski definition) is 3. The van der Waals surface area contributed by atoms with Gasteiger partial charge in [-0.3, -0.25) is 4.79 Å². The first kappa shape index (κ1) is 11.1. The number of nitrogens with two attached hydrogens (primary N) is 1. The van der Waals surface area contributed by atoms with Gasteiger partial charge in [-0.15, -0.1) is 0 Å². The fourth-order valence-electron chi connectivity index (χ4n) is 1.04. The van der Waals surface area contributed by atoms with Gasteiger partial charge in [0, 0.05) is 17.5 Å². The van der Waals surface area contributed by atoms with Crippen LogP contribution in [0, 0.1) is 0 Å². The molecule has 80 valence electrons. The first-order chi connectivity index (χ1) is 7.11. The van der Waals surface area contributed by atoms with Crippen molar-refractivity contribution < 1.29 is 9.53 Å². The third kappa shape index (κ3) is 3.72. The molecule has 4 nitrogen and oxygen atoms in total. The van der Waals surface area contributed by atoms with Crippen LogP contribution in [-0.4, -0.2) is 13.0 Å². The SMILES string of the molecule is COC(C)=CC(=O)Nc1cccc(N)c1. The number of anilines is 2. The zero-order chi connectivity index (χ0) is 11.3. The molecule has 15 heavy (non-hydrogen) atoms. The van der Waals surface area contributed by atoms with Crippen LogP contribution >= 0.6 is 0 Å². The average molecular weight is 206 g/mol. The number of hydrogen-bond donors (Lipinski definition) is 2. The minimum atomic E-state index is -0.236. The van der Waals surface area contributed by atoms with Gasteiger partial charge in [-0.1, -0.05) is 6.07 Å². The van der Waals surface area contributed by atoms with E-state index in [9.17, 15) is 4.79 Å². The second-order valence-electron chi connectivity index (χ2n) is 3.07. The topological polar surface area (TPSA) is 64.3 Å². The highest BCUT2D eigenvalue weighted by Gasteiger charge is 1.99. The Labute approximate surface area is 88.7 Å². The minimum absolute atomic E-state index is 0.236. The number of rotatable bonds is 3. The van der Waals surface area contributed by atoms with Crippen molar-refractivity contribution in [3.63, 3.8) is 0 Å². The molecule has 0 aliphatic carbocycles. The lowest BCUT2D eigenvalue weighted by Crippen LogP contribution is -2.09. The van der Waals surface area contributed by atoms with Crippen LogP contribution in [-0.2, 0) is 9.53 Å². The summed E-state index contributed by atoms with van der Waals surface area (Å²) in [4.78, 5) is 11.4. The second-order valence-corrected chi connectivity index (χ2v) is 3.07. The van der Waals surface area contributed by atoms with Crippen molar-refractivity contribution >= 4 is 17.3 Å². The summed E-state index contributed by atoms with van der Waals surface area (Å²) >= 11 is 0. The molecule has 4 heteroatoms. The van der Waals surface area contributed by atoms with Crippen LogP contribution in [0.25, 0.3) is 0 Å². The molecule has 0 fully saturated rings. The summed E-state index contributed by atoms with van der Waals surface area (Å²) in [6.45, 7) is 1.71. The van der Waals surface area contributed by atoms with Gasteiger partial charge >= 0.3 is 0 Å². The highest BCUT2D eigenvalue weighted by molar-refractivity contribution is 5.99. The summed E-state index contributed by atoms with van der Waals surface area (Å²) < 4.78 is 4.86. The molecule has 1 rings (SSSR count). The summed E-state index contributed by atoms with van der Waals surface area (Å²) in [5.41, 5.74) is 6.85. The predicted octanol–water partition coefficient (Wildman–Crippen LogP) is 1.76. The fourth-order valence-corrected chi connectivity index (χ4v) is 1.04. The number of benzene rings is 1. The third-order valence-corrected chi connectivity index (χ3v) is 1.81. The summed E-state index contributed by atoms with van der Waals surface area (Å²) in [6.07, 6.45) is 1.38. The lowest BCUT2D eigenvalue weighted by Gasteiger charge is -2.03. The summed E-state index contributed by atoms with van der Waals surface area (Å²) in [5, 5.41) is 2.67. The molecule has 0 heterocycles. The Morgan fingerprint density at radius 2 is 2.27 bits per heavy atom. The lowest BCUT2D eigenvalue weighted by atomic mass is 10.3. The zero-order valence-electron chi connectivity index (χ0n) is 8.78. The molecule has 0 spiro atoms. The first-order valence-electron chi connectivity index (χ1n) is 4.50. The van der Waals surface area contributed by atoms with Gasteiger partial charge in [0.1, 0.15) is 0 Å². The van der Waals surface area contributed by atoms with E-state index in [-0.39, 0.29) is 5.91 Å². The van der Waals surface area contributed by atoms with Gasteiger partial charge in [0.25, 0.3) is 5.91 Å². The van der Waals surface area contributed by atoms with E-state index in [1.165, 1.54) is 13.2 Å². The van der Waals surface area contributed by atoms with E-state index in [0.717, 1.165) is 0 Å². The van der Waals surface area contributed by atoms with Gasteiger partial charge in [-0.05, 0) is 25.1 Å². The number of allylic oxidation sites excluding steroid dienone is 1. The lowest BCUT2D eigenvalue weighted by molar-refractivity contribution is -0.112. The highest BCUT2D eigenvalue weighted by atomic mass is 16.5. The van der Waals surface area contributed by atoms with Gasteiger partial charge < -0.3 is 15.8 Å². The molecular formula is C11H14N2O2. The Bertz CT molecular complexity index is 386. The van der Waals surface area contributed by atoms with E-state index in [1.807, 2.05) is 0 Å². The molecule has 0 aromatic heterocycles. The Kier molecular flexibility index (Phi) is 3.74. The van der Waals surface area contributed by atoms with E-state index in [2.05, 4.69) is 5.32 Å². The van der Waals surface area contributed by atoms with Crippen molar-refractivity contribution in [2.75, 3.05) is 18.2 Å². The smallest absolute Gasteiger partial charge is 0.251 e. The summed E-state index contributed by atoms with van der Waals surface area (Å²) in [5.74, 6) is 0.316. The highest BCUT2D eigenvalue weighted by Crippen LogP contribution is 2.11. The van der Waals surface area contributed by atoms with Crippen molar-refractivity contribution in [1.29, 1.82) is 0 Å². The molecule has 0 aliphatic heterocycles. The van der Waals surface area contributed by atoms with Crippen LogP contribution < -0.4 is 11.1 Å². The maximum Gasteiger partial charge on any atom is 0.251 e. The average Bonchev–Trinajstić information content (AvgIpc) is 2.17. The van der Waals surface area contributed by atoms with Gasteiger partial charge in [-0.25, -0.2) is 0 Å². The van der Waals surface area contributed by atoms with Crippen LogP contribution in [0.1, 0.15) is 6.92 Å². The molecule has 0 saturated carbocycles. The molecule has 0 radical (unpaired) electrons. The van der Waals surface area contributed by atoms with Gasteiger partial charge in [0.05, 0.1) is 12.9 Å². The van der Waals surface area contributed by atoms with E-state index in [0.29, 0.717) is 17.1 Å². The van der Waals surface area contributed by atoms with Crippen LogP contribution in [0.15, 0.2) is 36.1 Å².